The predicted molar refractivity (Wildman–Crippen MR) is 75.4 cm³/mol. The average Bonchev–Trinajstić information content (AvgIpc) is 2.93. The molecule has 0 bridgehead atoms. The van der Waals surface area contributed by atoms with E-state index in [9.17, 15) is 4.79 Å². The van der Waals surface area contributed by atoms with Crippen molar-refractivity contribution in [1.82, 2.24) is 5.32 Å². The third kappa shape index (κ3) is 4.35. The van der Waals surface area contributed by atoms with Gasteiger partial charge in [0.05, 0.1) is 26.0 Å². The first-order valence-corrected chi connectivity index (χ1v) is 7.39. The molecule has 1 amide bonds. The van der Waals surface area contributed by atoms with E-state index in [0.29, 0.717) is 18.9 Å². The van der Waals surface area contributed by atoms with E-state index in [1.807, 2.05) is 12.1 Å². The number of furan rings is 1. The number of amides is 1. The van der Waals surface area contributed by atoms with Crippen LogP contribution in [0.4, 0.5) is 0 Å². The fourth-order valence-corrected chi connectivity index (χ4v) is 2.58. The van der Waals surface area contributed by atoms with Gasteiger partial charge in [0.1, 0.15) is 13.1 Å². The van der Waals surface area contributed by atoms with Crippen molar-refractivity contribution in [3.8, 4) is 0 Å². The van der Waals surface area contributed by atoms with E-state index in [4.69, 9.17) is 9.15 Å². The van der Waals surface area contributed by atoms with Gasteiger partial charge < -0.3 is 19.4 Å². The Kier molecular flexibility index (Phi) is 5.61. The molecule has 0 spiro atoms. The van der Waals surface area contributed by atoms with Crippen molar-refractivity contribution in [2.45, 2.75) is 26.3 Å². The summed E-state index contributed by atoms with van der Waals surface area (Å²) in [4.78, 5) is 13.2. The average molecular weight is 281 g/mol. The van der Waals surface area contributed by atoms with Crippen LogP contribution in [-0.4, -0.2) is 38.8 Å². The monoisotopic (exact) mass is 281 g/mol. The zero-order chi connectivity index (χ0) is 14.4. The van der Waals surface area contributed by atoms with E-state index < -0.39 is 0 Å². The zero-order valence-corrected chi connectivity index (χ0v) is 12.4. The second-order valence-electron chi connectivity index (χ2n) is 5.74. The fraction of sp³-hybridized carbons (Fsp3) is 0.667. The van der Waals surface area contributed by atoms with Gasteiger partial charge in [0.2, 0.25) is 5.91 Å². The highest BCUT2D eigenvalue weighted by Crippen LogP contribution is 2.10. The molecule has 5 heteroatoms. The Morgan fingerprint density at radius 3 is 2.75 bits per heavy atom. The summed E-state index contributed by atoms with van der Waals surface area (Å²) in [5.41, 5.74) is 0. The first-order chi connectivity index (χ1) is 9.66. The summed E-state index contributed by atoms with van der Waals surface area (Å²) >= 11 is 0. The van der Waals surface area contributed by atoms with Crippen LogP contribution in [0.5, 0.6) is 0 Å². The summed E-state index contributed by atoms with van der Waals surface area (Å²) in [5, 5.41) is 3.04. The molecular formula is C15H25N2O3+. The fourth-order valence-electron chi connectivity index (χ4n) is 2.58. The maximum Gasteiger partial charge on any atom is 0.220 e. The maximum absolute atomic E-state index is 11.8. The summed E-state index contributed by atoms with van der Waals surface area (Å²) in [5.74, 6) is 1.43. The van der Waals surface area contributed by atoms with Crippen molar-refractivity contribution >= 4 is 5.91 Å². The number of rotatable bonds is 6. The second kappa shape index (κ2) is 7.45. The molecule has 20 heavy (non-hydrogen) atoms. The molecule has 2 rings (SSSR count). The third-order valence-corrected chi connectivity index (χ3v) is 3.61. The Balaban J connectivity index is 1.94. The number of nitrogens with one attached hydrogen (secondary N) is 2. The molecule has 1 fully saturated rings. The number of carbonyl (C=O) groups excluding carboxylic acids is 1. The molecular weight excluding hydrogens is 256 g/mol. The molecule has 1 atom stereocenters. The number of carbonyl (C=O) groups is 1. The van der Waals surface area contributed by atoms with Crippen LogP contribution in [0.15, 0.2) is 22.8 Å². The van der Waals surface area contributed by atoms with Crippen molar-refractivity contribution in [3.05, 3.63) is 24.2 Å². The number of quaternary nitrogens is 1. The molecule has 2 heterocycles. The SMILES string of the molecule is CC(C)CC(=O)NC[C@H](c1ccco1)[NH+]1CCOCC1. The van der Waals surface area contributed by atoms with E-state index in [-0.39, 0.29) is 11.9 Å². The molecule has 1 aromatic rings. The smallest absolute Gasteiger partial charge is 0.220 e. The van der Waals surface area contributed by atoms with Crippen molar-refractivity contribution in [1.29, 1.82) is 0 Å². The zero-order valence-electron chi connectivity index (χ0n) is 12.4. The van der Waals surface area contributed by atoms with Crippen LogP contribution in [-0.2, 0) is 9.53 Å². The number of hydrogen-bond donors (Lipinski definition) is 2. The largest absolute Gasteiger partial charge is 0.463 e. The highest BCUT2D eigenvalue weighted by atomic mass is 16.5. The van der Waals surface area contributed by atoms with Gasteiger partial charge in [-0.3, -0.25) is 4.79 Å². The lowest BCUT2D eigenvalue weighted by molar-refractivity contribution is -0.938. The molecule has 1 aliphatic heterocycles. The maximum atomic E-state index is 11.8. The lowest BCUT2D eigenvalue weighted by atomic mass is 10.1. The normalized spacial score (nSPS) is 18.1. The van der Waals surface area contributed by atoms with Crippen LogP contribution in [0.25, 0.3) is 0 Å². The Morgan fingerprint density at radius 1 is 1.40 bits per heavy atom. The minimum atomic E-state index is 0.115. The van der Waals surface area contributed by atoms with Crippen molar-refractivity contribution in [2.75, 3.05) is 32.8 Å². The predicted octanol–water partition coefficient (Wildman–Crippen LogP) is 0.398. The molecule has 1 aromatic heterocycles. The summed E-state index contributed by atoms with van der Waals surface area (Å²) in [6.45, 7) is 8.16. The van der Waals surface area contributed by atoms with Crippen LogP contribution in [0, 0.1) is 5.92 Å². The summed E-state index contributed by atoms with van der Waals surface area (Å²) in [7, 11) is 0. The molecule has 0 radical (unpaired) electrons. The van der Waals surface area contributed by atoms with E-state index in [2.05, 4.69) is 19.2 Å². The van der Waals surface area contributed by atoms with Crippen LogP contribution in [0.1, 0.15) is 32.1 Å². The van der Waals surface area contributed by atoms with Crippen molar-refractivity contribution < 1.29 is 18.8 Å². The molecule has 112 valence electrons. The molecule has 0 aromatic carbocycles. The Morgan fingerprint density at radius 2 is 2.15 bits per heavy atom. The van der Waals surface area contributed by atoms with Gasteiger partial charge in [-0.2, -0.15) is 0 Å². The van der Waals surface area contributed by atoms with Crippen LogP contribution >= 0.6 is 0 Å². The van der Waals surface area contributed by atoms with Gasteiger partial charge in [0.15, 0.2) is 11.8 Å². The Labute approximate surface area is 120 Å². The van der Waals surface area contributed by atoms with Crippen molar-refractivity contribution in [2.24, 2.45) is 5.92 Å². The third-order valence-electron chi connectivity index (χ3n) is 3.61. The van der Waals surface area contributed by atoms with Gasteiger partial charge in [-0.25, -0.2) is 0 Å². The lowest BCUT2D eigenvalue weighted by Crippen LogP contribution is -3.15. The van der Waals surface area contributed by atoms with Gasteiger partial charge in [-0.1, -0.05) is 13.8 Å². The Hall–Kier alpha value is -1.33. The Bertz CT molecular complexity index is 397. The van der Waals surface area contributed by atoms with Gasteiger partial charge in [0.25, 0.3) is 0 Å². The molecule has 0 unspecified atom stereocenters. The minimum Gasteiger partial charge on any atom is -0.463 e. The second-order valence-corrected chi connectivity index (χ2v) is 5.74. The van der Waals surface area contributed by atoms with Crippen LogP contribution in [0.2, 0.25) is 0 Å². The van der Waals surface area contributed by atoms with Gasteiger partial charge in [-0.05, 0) is 18.1 Å². The number of hydrogen-bond acceptors (Lipinski definition) is 3. The standard InChI is InChI=1S/C15H24N2O3/c1-12(2)10-15(18)16-11-13(14-4-3-7-20-14)17-5-8-19-9-6-17/h3-4,7,12-13H,5-6,8-11H2,1-2H3,(H,16,18)/p+1/t13-/m1/s1. The minimum absolute atomic E-state index is 0.115. The first kappa shape index (κ1) is 15.1. The van der Waals surface area contributed by atoms with E-state index >= 15 is 0 Å². The molecule has 0 saturated carbocycles. The van der Waals surface area contributed by atoms with Gasteiger partial charge in [0, 0.05) is 6.42 Å². The van der Waals surface area contributed by atoms with Crippen molar-refractivity contribution in [3.63, 3.8) is 0 Å². The molecule has 0 aliphatic carbocycles. The summed E-state index contributed by atoms with van der Waals surface area (Å²) < 4.78 is 11.0. The first-order valence-electron chi connectivity index (χ1n) is 7.39. The highest BCUT2D eigenvalue weighted by molar-refractivity contribution is 5.76. The molecule has 1 saturated heterocycles. The lowest BCUT2D eigenvalue weighted by Gasteiger charge is -2.30. The number of morpholine rings is 1. The molecule has 1 aliphatic rings. The highest BCUT2D eigenvalue weighted by Gasteiger charge is 2.28. The van der Waals surface area contributed by atoms with Crippen LogP contribution < -0.4 is 10.2 Å². The van der Waals surface area contributed by atoms with Gasteiger partial charge >= 0.3 is 0 Å². The summed E-state index contributed by atoms with van der Waals surface area (Å²) in [6, 6.07) is 4.06. The van der Waals surface area contributed by atoms with E-state index in [0.717, 1.165) is 32.1 Å². The molecule has 5 nitrogen and oxygen atoms in total. The van der Waals surface area contributed by atoms with Crippen LogP contribution in [0.3, 0.4) is 0 Å². The van der Waals surface area contributed by atoms with E-state index in [1.54, 1.807) is 6.26 Å². The number of ether oxygens (including phenoxy) is 1. The molecule has 2 N–H and O–H groups in total. The van der Waals surface area contributed by atoms with E-state index in [1.165, 1.54) is 4.90 Å². The topological polar surface area (TPSA) is 55.9 Å². The van der Waals surface area contributed by atoms with Gasteiger partial charge in [-0.15, -0.1) is 0 Å². The quantitative estimate of drug-likeness (QED) is 0.793. The summed E-state index contributed by atoms with van der Waals surface area (Å²) in [6.07, 6.45) is 2.27.